The van der Waals surface area contributed by atoms with Crippen molar-refractivity contribution in [2.75, 3.05) is 36.4 Å². The van der Waals surface area contributed by atoms with E-state index in [1.54, 1.807) is 12.1 Å². The van der Waals surface area contributed by atoms with Crippen molar-refractivity contribution in [3.8, 4) is 11.3 Å². The smallest absolute Gasteiger partial charge is 0.365 e. The predicted octanol–water partition coefficient (Wildman–Crippen LogP) is 5.48. The molecule has 1 N–H and O–H groups in total. The van der Waals surface area contributed by atoms with Crippen molar-refractivity contribution in [3.05, 3.63) is 70.2 Å². The summed E-state index contributed by atoms with van der Waals surface area (Å²) < 4.78 is 40.7. The van der Waals surface area contributed by atoms with E-state index in [2.05, 4.69) is 15.5 Å². The molecule has 0 spiro atoms. The number of benzene rings is 2. The summed E-state index contributed by atoms with van der Waals surface area (Å²) in [5, 5.41) is 12.0. The lowest BCUT2D eigenvalue weighted by atomic mass is 10.0. The molecule has 1 saturated heterocycles. The molecule has 0 radical (unpaired) electrons. The Bertz CT molecular complexity index is 1240. The molecule has 1 amide bonds. The third kappa shape index (κ3) is 4.91. The summed E-state index contributed by atoms with van der Waals surface area (Å²) in [5.41, 5.74) is 2.00. The maximum atomic E-state index is 13.6. The Morgan fingerprint density at radius 3 is 2.46 bits per heavy atom. The van der Waals surface area contributed by atoms with Crippen LogP contribution in [0.1, 0.15) is 34.3 Å². The average molecular weight is 502 g/mol. The van der Waals surface area contributed by atoms with Crippen LogP contribution in [-0.2, 0) is 12.7 Å². The number of anilines is 2. The highest BCUT2D eigenvalue weighted by Crippen LogP contribution is 2.36. The van der Waals surface area contributed by atoms with E-state index in [0.29, 0.717) is 35.9 Å². The lowest BCUT2D eigenvalue weighted by Crippen LogP contribution is -2.34. The van der Waals surface area contributed by atoms with Crippen LogP contribution in [0.2, 0.25) is 5.02 Å². The molecule has 0 saturated carbocycles. The Balaban J connectivity index is 1.42. The van der Waals surface area contributed by atoms with Gasteiger partial charge in [-0.25, -0.2) is 0 Å². The zero-order valence-electron chi connectivity index (χ0n) is 18.8. The van der Waals surface area contributed by atoms with Crippen molar-refractivity contribution < 1.29 is 18.0 Å². The minimum absolute atomic E-state index is 0.0166. The number of fused-ring (bicyclic) bond motifs is 1. The van der Waals surface area contributed by atoms with Gasteiger partial charge in [0.1, 0.15) is 0 Å². The summed E-state index contributed by atoms with van der Waals surface area (Å²) in [6, 6.07) is 12.6. The zero-order chi connectivity index (χ0) is 24.6. The third-order valence-electron chi connectivity index (χ3n) is 6.34. The quantitative estimate of drug-likeness (QED) is 0.512. The van der Waals surface area contributed by atoms with Gasteiger partial charge in [-0.3, -0.25) is 4.79 Å². The number of carbonyl (C=O) groups excluding carboxylic acids is 1. The van der Waals surface area contributed by atoms with E-state index in [-0.39, 0.29) is 23.0 Å². The number of likely N-dealkylation sites (tertiary alicyclic amines) is 1. The van der Waals surface area contributed by atoms with Gasteiger partial charge in [0.05, 0.1) is 16.9 Å². The summed E-state index contributed by atoms with van der Waals surface area (Å²) in [4.78, 5) is 16.3. The van der Waals surface area contributed by atoms with Gasteiger partial charge in [-0.05, 0) is 54.8 Å². The van der Waals surface area contributed by atoms with Crippen molar-refractivity contribution in [1.82, 2.24) is 15.1 Å². The highest BCUT2D eigenvalue weighted by Gasteiger charge is 2.34. The molecular weight excluding hydrogens is 479 g/mol. The van der Waals surface area contributed by atoms with Crippen LogP contribution in [0.25, 0.3) is 11.3 Å². The number of nitrogens with one attached hydrogen (secondary N) is 1. The van der Waals surface area contributed by atoms with Crippen LogP contribution in [0.4, 0.5) is 24.7 Å². The van der Waals surface area contributed by atoms with Gasteiger partial charge in [-0.15, -0.1) is 10.2 Å². The molecule has 2 aromatic carbocycles. The van der Waals surface area contributed by atoms with Crippen molar-refractivity contribution in [2.45, 2.75) is 25.6 Å². The molecule has 182 valence electrons. The largest absolute Gasteiger partial charge is 0.416 e. The number of hydrogen-bond donors (Lipinski definition) is 1. The number of carbonyl (C=O) groups is 1. The molecule has 1 aromatic heterocycles. The zero-order valence-corrected chi connectivity index (χ0v) is 19.5. The maximum absolute atomic E-state index is 13.6. The molecule has 2 aliphatic heterocycles. The van der Waals surface area contributed by atoms with Gasteiger partial charge >= 0.3 is 6.18 Å². The number of nitrogens with zero attached hydrogens (tertiary/aromatic N) is 4. The minimum atomic E-state index is -4.48. The molecule has 3 heterocycles. The summed E-state index contributed by atoms with van der Waals surface area (Å²) in [6.07, 6.45) is -2.43. The number of halogens is 4. The van der Waals surface area contributed by atoms with E-state index in [1.165, 1.54) is 12.1 Å². The highest BCUT2D eigenvalue weighted by atomic mass is 35.5. The van der Waals surface area contributed by atoms with Gasteiger partial charge in [-0.2, -0.15) is 13.2 Å². The monoisotopic (exact) mass is 501 g/mol. The van der Waals surface area contributed by atoms with Crippen LogP contribution in [0.3, 0.4) is 0 Å². The molecule has 0 aliphatic carbocycles. The molecule has 35 heavy (non-hydrogen) atoms. The Hall–Kier alpha value is -3.33. The number of hydrogen-bond acceptors (Lipinski definition) is 5. The molecule has 0 unspecified atom stereocenters. The van der Waals surface area contributed by atoms with Gasteiger partial charge in [0.25, 0.3) is 5.91 Å². The normalized spacial score (nSPS) is 15.7. The second-order valence-electron chi connectivity index (χ2n) is 8.69. The topological polar surface area (TPSA) is 61.4 Å². The van der Waals surface area contributed by atoms with Crippen LogP contribution in [0.5, 0.6) is 0 Å². The molecule has 0 bridgehead atoms. The number of amides is 1. The van der Waals surface area contributed by atoms with Crippen molar-refractivity contribution in [3.63, 3.8) is 0 Å². The number of aromatic nitrogens is 2. The van der Waals surface area contributed by atoms with Crippen molar-refractivity contribution in [2.24, 2.45) is 0 Å². The molecular formula is C25H23ClF3N5O. The second kappa shape index (κ2) is 9.37. The Kier molecular flexibility index (Phi) is 6.27. The predicted molar refractivity (Wildman–Crippen MR) is 129 cm³/mol. The Morgan fingerprint density at radius 1 is 1.00 bits per heavy atom. The maximum Gasteiger partial charge on any atom is 0.416 e. The molecule has 10 heteroatoms. The van der Waals surface area contributed by atoms with Crippen LogP contribution >= 0.6 is 11.6 Å². The summed E-state index contributed by atoms with van der Waals surface area (Å²) in [7, 11) is 0. The molecule has 6 nitrogen and oxygen atoms in total. The molecule has 5 rings (SSSR count). The second-order valence-corrected chi connectivity index (χ2v) is 9.12. The van der Waals surface area contributed by atoms with E-state index in [9.17, 15) is 18.0 Å². The van der Waals surface area contributed by atoms with E-state index in [1.807, 2.05) is 28.0 Å². The summed E-state index contributed by atoms with van der Waals surface area (Å²) >= 11 is 6.02. The fourth-order valence-electron chi connectivity index (χ4n) is 4.55. The lowest BCUT2D eigenvalue weighted by Gasteiger charge is -2.32. The van der Waals surface area contributed by atoms with E-state index in [0.717, 1.165) is 37.6 Å². The van der Waals surface area contributed by atoms with Gasteiger partial charge in [0.2, 0.25) is 0 Å². The first-order valence-corrected chi connectivity index (χ1v) is 11.8. The fourth-order valence-corrected chi connectivity index (χ4v) is 4.74. The van der Waals surface area contributed by atoms with Gasteiger partial charge in [0.15, 0.2) is 5.82 Å². The average Bonchev–Trinajstić information content (AvgIpc) is 3.38. The van der Waals surface area contributed by atoms with Gasteiger partial charge in [0, 0.05) is 48.9 Å². The van der Waals surface area contributed by atoms with E-state index in [4.69, 9.17) is 11.6 Å². The van der Waals surface area contributed by atoms with Crippen LogP contribution in [-0.4, -0.2) is 47.2 Å². The Labute approximate surface area is 205 Å². The van der Waals surface area contributed by atoms with E-state index < -0.39 is 11.7 Å². The molecule has 1 fully saturated rings. The first-order chi connectivity index (χ1) is 16.8. The molecule has 0 atom stereocenters. The van der Waals surface area contributed by atoms with E-state index >= 15 is 0 Å². The number of alkyl halides is 3. The van der Waals surface area contributed by atoms with Gasteiger partial charge < -0.3 is 15.1 Å². The first kappa shape index (κ1) is 23.4. The Morgan fingerprint density at radius 2 is 1.74 bits per heavy atom. The first-order valence-electron chi connectivity index (χ1n) is 11.4. The fraction of sp³-hybridized carbons (Fsp3) is 0.320. The lowest BCUT2D eigenvalue weighted by molar-refractivity contribution is -0.138. The van der Waals surface area contributed by atoms with Crippen molar-refractivity contribution >= 4 is 29.0 Å². The summed E-state index contributed by atoms with van der Waals surface area (Å²) in [5.74, 6) is 0.527. The standard InChI is InChI=1S/C25H23ClF3N5O/c26-19-7-8-20(25(27,28)29)18(13-19)15-34-12-9-30-23-22(34)14-21(31-32-23)16-3-5-17(6-4-16)24(35)33-10-1-2-11-33/h3-8,13-14H,1-2,9-12,15H2,(H,30,32). The van der Waals surface area contributed by atoms with Crippen LogP contribution in [0.15, 0.2) is 48.5 Å². The minimum Gasteiger partial charge on any atom is -0.365 e. The highest BCUT2D eigenvalue weighted by molar-refractivity contribution is 6.30. The third-order valence-corrected chi connectivity index (χ3v) is 6.58. The van der Waals surface area contributed by atoms with Crippen LogP contribution in [0, 0.1) is 0 Å². The number of rotatable bonds is 4. The van der Waals surface area contributed by atoms with Crippen LogP contribution < -0.4 is 10.2 Å². The van der Waals surface area contributed by atoms with Crippen molar-refractivity contribution in [1.29, 1.82) is 0 Å². The summed E-state index contributed by atoms with van der Waals surface area (Å²) in [6.45, 7) is 2.60. The molecule has 2 aliphatic rings. The van der Waals surface area contributed by atoms with Gasteiger partial charge in [-0.1, -0.05) is 23.7 Å². The molecule has 3 aromatic rings. The SMILES string of the molecule is O=C(c1ccc(-c2cc3c(nn2)NCCN3Cc2cc(Cl)ccc2C(F)(F)F)cc1)N1CCCC1.